The van der Waals surface area contributed by atoms with Crippen LogP contribution in [0.1, 0.15) is 38.6 Å². The normalized spacial score (nSPS) is 11.4. The van der Waals surface area contributed by atoms with Crippen molar-refractivity contribution in [2.45, 2.75) is 17.1 Å². The lowest BCUT2D eigenvalue weighted by molar-refractivity contribution is -0.115. The van der Waals surface area contributed by atoms with Gasteiger partial charge in [0.1, 0.15) is 5.25 Å². The van der Waals surface area contributed by atoms with Crippen LogP contribution in [0.15, 0.2) is 107 Å². The number of rotatable bonds is 8. The molecule has 1 aromatic heterocycles. The number of hydrogen-bond donors (Lipinski definition) is 2. The van der Waals surface area contributed by atoms with Crippen LogP contribution in [0.2, 0.25) is 0 Å². The van der Waals surface area contributed by atoms with Gasteiger partial charge < -0.3 is 15.1 Å². The van der Waals surface area contributed by atoms with E-state index in [0.717, 1.165) is 10.5 Å². The maximum absolute atomic E-state index is 13.3. The van der Waals surface area contributed by atoms with Crippen LogP contribution in [0, 0.1) is 0 Å². The smallest absolute Gasteiger partial charge is 0.291 e. The fourth-order valence-electron chi connectivity index (χ4n) is 3.28. The van der Waals surface area contributed by atoms with Crippen LogP contribution < -0.4 is 10.6 Å². The molecule has 0 bridgehead atoms. The minimum absolute atomic E-state index is 0.0328. The molecule has 0 saturated heterocycles. The number of benzene rings is 3. The topological polar surface area (TPSA) is 88.4 Å². The van der Waals surface area contributed by atoms with E-state index in [9.17, 15) is 14.4 Å². The van der Waals surface area contributed by atoms with E-state index in [0.29, 0.717) is 16.9 Å². The van der Waals surface area contributed by atoms with Crippen LogP contribution in [0.4, 0.5) is 11.4 Å². The van der Waals surface area contributed by atoms with Crippen molar-refractivity contribution in [2.24, 2.45) is 0 Å². The molecule has 7 heteroatoms. The molecule has 170 valence electrons. The van der Waals surface area contributed by atoms with Gasteiger partial charge in [-0.1, -0.05) is 36.4 Å². The van der Waals surface area contributed by atoms with Crippen LogP contribution in [-0.4, -0.2) is 17.6 Å². The summed E-state index contributed by atoms with van der Waals surface area (Å²) in [5.74, 6) is -0.361. The summed E-state index contributed by atoms with van der Waals surface area (Å²) in [5, 5.41) is 5.21. The molecule has 0 fully saturated rings. The van der Waals surface area contributed by atoms with Gasteiger partial charge in [-0.05, 0) is 67.1 Å². The highest BCUT2D eigenvalue weighted by Gasteiger charge is 2.22. The SMILES string of the molecule is CC(=O)c1ccc(NC(=O)C(Sc2cccc(NC(=O)c3ccco3)c2)c2ccccc2)cc1. The molecule has 2 amide bonds. The van der Waals surface area contributed by atoms with Crippen molar-refractivity contribution in [3.05, 3.63) is 114 Å². The molecule has 4 aromatic rings. The minimum atomic E-state index is -0.537. The summed E-state index contributed by atoms with van der Waals surface area (Å²) in [6.45, 7) is 1.50. The number of Topliss-reactive ketones (excluding diaryl/α,β-unsaturated/α-hetero) is 1. The van der Waals surface area contributed by atoms with E-state index in [2.05, 4.69) is 10.6 Å². The number of amides is 2. The summed E-state index contributed by atoms with van der Waals surface area (Å²) in [5.41, 5.74) is 2.63. The Bertz CT molecular complexity index is 1290. The van der Waals surface area contributed by atoms with Gasteiger partial charge >= 0.3 is 0 Å². The van der Waals surface area contributed by atoms with E-state index in [4.69, 9.17) is 4.42 Å². The van der Waals surface area contributed by atoms with Crippen molar-refractivity contribution in [1.29, 1.82) is 0 Å². The lowest BCUT2D eigenvalue weighted by Gasteiger charge is -2.18. The van der Waals surface area contributed by atoms with Crippen LogP contribution >= 0.6 is 11.8 Å². The molecule has 6 nitrogen and oxygen atoms in total. The molecule has 2 N–H and O–H groups in total. The first-order valence-electron chi connectivity index (χ1n) is 10.6. The number of thioether (sulfide) groups is 1. The number of hydrogen-bond acceptors (Lipinski definition) is 5. The zero-order valence-electron chi connectivity index (χ0n) is 18.4. The number of ketones is 1. The van der Waals surface area contributed by atoms with E-state index >= 15 is 0 Å². The van der Waals surface area contributed by atoms with E-state index in [-0.39, 0.29) is 23.4 Å². The Balaban J connectivity index is 1.53. The molecule has 0 radical (unpaired) electrons. The van der Waals surface area contributed by atoms with E-state index in [1.165, 1.54) is 24.9 Å². The average Bonchev–Trinajstić information content (AvgIpc) is 3.39. The number of anilines is 2. The molecule has 0 saturated carbocycles. The standard InChI is InChI=1S/C27H22N2O4S/c1-18(30)19-12-14-21(15-13-19)28-27(32)25(20-7-3-2-4-8-20)34-23-10-5-9-22(17-23)29-26(31)24-11-6-16-33-24/h2-17,25H,1H3,(H,28,32)(H,29,31). The molecule has 0 spiro atoms. The van der Waals surface area contributed by atoms with Gasteiger partial charge in [-0.2, -0.15) is 0 Å². The first-order valence-corrected chi connectivity index (χ1v) is 11.5. The fourth-order valence-corrected chi connectivity index (χ4v) is 4.36. The molecule has 0 aliphatic heterocycles. The first kappa shape index (κ1) is 23.1. The van der Waals surface area contributed by atoms with Gasteiger partial charge in [0, 0.05) is 21.8 Å². The van der Waals surface area contributed by atoms with Gasteiger partial charge in [0.2, 0.25) is 5.91 Å². The van der Waals surface area contributed by atoms with Crippen molar-refractivity contribution < 1.29 is 18.8 Å². The van der Waals surface area contributed by atoms with Crippen molar-refractivity contribution in [1.82, 2.24) is 0 Å². The molecule has 0 aliphatic rings. The third-order valence-electron chi connectivity index (χ3n) is 4.99. The number of furan rings is 1. The van der Waals surface area contributed by atoms with Crippen molar-refractivity contribution in [3.63, 3.8) is 0 Å². The highest BCUT2D eigenvalue weighted by molar-refractivity contribution is 8.00. The second kappa shape index (κ2) is 10.7. The minimum Gasteiger partial charge on any atom is -0.459 e. The Morgan fingerprint density at radius 3 is 2.24 bits per heavy atom. The first-order chi connectivity index (χ1) is 16.5. The van der Waals surface area contributed by atoms with Gasteiger partial charge in [0.05, 0.1) is 6.26 Å². The Morgan fingerprint density at radius 1 is 0.794 bits per heavy atom. The Hall–Kier alpha value is -4.10. The van der Waals surface area contributed by atoms with Crippen molar-refractivity contribution >= 4 is 40.7 Å². The number of carbonyl (C=O) groups is 3. The van der Waals surface area contributed by atoms with Gasteiger partial charge in [0.15, 0.2) is 11.5 Å². The lowest BCUT2D eigenvalue weighted by Crippen LogP contribution is -2.19. The summed E-state index contributed by atoms with van der Waals surface area (Å²) >= 11 is 1.38. The Kier molecular flexibility index (Phi) is 7.25. The van der Waals surface area contributed by atoms with Crippen molar-refractivity contribution in [3.8, 4) is 0 Å². The molecule has 1 heterocycles. The summed E-state index contributed by atoms with van der Waals surface area (Å²) in [6.07, 6.45) is 1.44. The third-order valence-corrected chi connectivity index (χ3v) is 6.24. The molecule has 3 aromatic carbocycles. The summed E-state index contributed by atoms with van der Waals surface area (Å²) in [4.78, 5) is 37.9. The van der Waals surface area contributed by atoms with Gasteiger partial charge in [-0.25, -0.2) is 0 Å². The number of carbonyl (C=O) groups excluding carboxylic acids is 3. The molecule has 0 aliphatic carbocycles. The predicted molar refractivity (Wildman–Crippen MR) is 133 cm³/mol. The largest absolute Gasteiger partial charge is 0.459 e. The highest BCUT2D eigenvalue weighted by Crippen LogP contribution is 2.37. The van der Waals surface area contributed by atoms with Crippen LogP contribution in [0.3, 0.4) is 0 Å². The van der Waals surface area contributed by atoms with E-state index < -0.39 is 5.25 Å². The lowest BCUT2D eigenvalue weighted by atomic mass is 10.1. The van der Waals surface area contributed by atoms with Crippen LogP contribution in [0.25, 0.3) is 0 Å². The van der Waals surface area contributed by atoms with E-state index in [1.807, 2.05) is 48.5 Å². The molecular weight excluding hydrogens is 448 g/mol. The molecular formula is C27H22N2O4S. The Labute approximate surface area is 201 Å². The third kappa shape index (κ3) is 5.82. The Morgan fingerprint density at radius 2 is 1.56 bits per heavy atom. The van der Waals surface area contributed by atoms with Crippen molar-refractivity contribution in [2.75, 3.05) is 10.6 Å². The molecule has 1 unspecified atom stereocenters. The predicted octanol–water partition coefficient (Wildman–Crippen LogP) is 6.21. The van der Waals surface area contributed by atoms with Gasteiger partial charge in [-0.15, -0.1) is 11.8 Å². The number of nitrogens with one attached hydrogen (secondary N) is 2. The second-order valence-corrected chi connectivity index (χ2v) is 8.67. The summed E-state index contributed by atoms with van der Waals surface area (Å²) in [7, 11) is 0. The van der Waals surface area contributed by atoms with Gasteiger partial charge in [0.25, 0.3) is 5.91 Å². The maximum atomic E-state index is 13.3. The summed E-state index contributed by atoms with van der Waals surface area (Å²) in [6, 6.07) is 26.8. The highest BCUT2D eigenvalue weighted by atomic mass is 32.2. The zero-order chi connectivity index (χ0) is 23.9. The van der Waals surface area contributed by atoms with Crippen LogP contribution in [-0.2, 0) is 4.79 Å². The average molecular weight is 471 g/mol. The maximum Gasteiger partial charge on any atom is 0.291 e. The fraction of sp³-hybridized carbons (Fsp3) is 0.0741. The monoisotopic (exact) mass is 470 g/mol. The molecule has 4 rings (SSSR count). The summed E-state index contributed by atoms with van der Waals surface area (Å²) < 4.78 is 5.14. The van der Waals surface area contributed by atoms with E-state index in [1.54, 1.807) is 42.5 Å². The van der Waals surface area contributed by atoms with Gasteiger partial charge in [-0.3, -0.25) is 14.4 Å². The zero-order valence-corrected chi connectivity index (χ0v) is 19.2. The second-order valence-electron chi connectivity index (χ2n) is 7.49. The van der Waals surface area contributed by atoms with Crippen LogP contribution in [0.5, 0.6) is 0 Å². The quantitative estimate of drug-likeness (QED) is 0.236. The molecule has 1 atom stereocenters. The molecule has 34 heavy (non-hydrogen) atoms.